The van der Waals surface area contributed by atoms with Gasteiger partial charge in [-0.25, -0.2) is 8.42 Å². The molecule has 1 fully saturated rings. The number of sulfone groups is 1. The van der Waals surface area contributed by atoms with Gasteiger partial charge in [-0.3, -0.25) is 4.90 Å². The summed E-state index contributed by atoms with van der Waals surface area (Å²) in [6.07, 6.45) is 2.18. The van der Waals surface area contributed by atoms with Crippen LogP contribution in [0.25, 0.3) is 0 Å². The molecule has 0 saturated carbocycles. The van der Waals surface area contributed by atoms with E-state index in [0.717, 1.165) is 39.3 Å². The van der Waals surface area contributed by atoms with Crippen molar-refractivity contribution in [3.63, 3.8) is 0 Å². The lowest BCUT2D eigenvalue weighted by molar-refractivity contribution is 0.0384. The average Bonchev–Trinajstić information content (AvgIpc) is 2.37. The van der Waals surface area contributed by atoms with Crippen LogP contribution in [0.1, 0.15) is 5.56 Å². The first kappa shape index (κ1) is 13.5. The molecule has 2 rings (SSSR count). The predicted molar refractivity (Wildman–Crippen MR) is 70.5 cm³/mol. The van der Waals surface area contributed by atoms with Crippen LogP contribution >= 0.6 is 0 Å². The first-order valence-electron chi connectivity index (χ1n) is 6.15. The maximum atomic E-state index is 11.3. The van der Waals surface area contributed by atoms with Crippen LogP contribution in [0.15, 0.2) is 29.2 Å². The number of morpholine rings is 1. The Morgan fingerprint density at radius 3 is 2.33 bits per heavy atom. The minimum Gasteiger partial charge on any atom is -0.379 e. The van der Waals surface area contributed by atoms with Gasteiger partial charge >= 0.3 is 0 Å². The summed E-state index contributed by atoms with van der Waals surface area (Å²) in [6, 6.07) is 7.17. The van der Waals surface area contributed by atoms with Crippen LogP contribution in [-0.4, -0.2) is 52.4 Å². The van der Waals surface area contributed by atoms with E-state index in [1.807, 2.05) is 12.1 Å². The Labute approximate surface area is 108 Å². The number of hydrogen-bond acceptors (Lipinski definition) is 4. The van der Waals surface area contributed by atoms with E-state index in [4.69, 9.17) is 4.74 Å². The molecule has 5 heteroatoms. The topological polar surface area (TPSA) is 46.6 Å². The summed E-state index contributed by atoms with van der Waals surface area (Å²) in [5.41, 5.74) is 1.17. The zero-order valence-electron chi connectivity index (χ0n) is 10.6. The normalized spacial score (nSPS) is 17.8. The molecule has 4 nitrogen and oxygen atoms in total. The van der Waals surface area contributed by atoms with Crippen molar-refractivity contribution in [2.45, 2.75) is 11.3 Å². The Kier molecular flexibility index (Phi) is 4.37. The Morgan fingerprint density at radius 1 is 1.17 bits per heavy atom. The molecule has 1 aromatic rings. The highest BCUT2D eigenvalue weighted by Gasteiger charge is 2.10. The maximum Gasteiger partial charge on any atom is 0.175 e. The van der Waals surface area contributed by atoms with Gasteiger partial charge in [0, 0.05) is 25.9 Å². The largest absolute Gasteiger partial charge is 0.379 e. The first-order chi connectivity index (χ1) is 8.55. The summed E-state index contributed by atoms with van der Waals surface area (Å²) in [7, 11) is -3.08. The number of nitrogens with zero attached hydrogens (tertiary/aromatic N) is 1. The van der Waals surface area contributed by atoms with Gasteiger partial charge in [-0.2, -0.15) is 0 Å². The van der Waals surface area contributed by atoms with Crippen molar-refractivity contribution >= 4 is 9.84 Å². The third-order valence-electron chi connectivity index (χ3n) is 3.17. The lowest BCUT2D eigenvalue weighted by atomic mass is 10.1. The molecule has 1 aromatic carbocycles. The average molecular weight is 269 g/mol. The second-order valence-corrected chi connectivity index (χ2v) is 6.64. The highest BCUT2D eigenvalue weighted by molar-refractivity contribution is 7.90. The van der Waals surface area contributed by atoms with Gasteiger partial charge in [0.15, 0.2) is 9.84 Å². The van der Waals surface area contributed by atoms with Crippen molar-refractivity contribution in [2.24, 2.45) is 0 Å². The molecule has 0 amide bonds. The van der Waals surface area contributed by atoms with Gasteiger partial charge in [-0.15, -0.1) is 0 Å². The Hall–Kier alpha value is -0.910. The fourth-order valence-electron chi connectivity index (χ4n) is 2.02. The van der Waals surface area contributed by atoms with Crippen LogP contribution in [0, 0.1) is 0 Å². The summed E-state index contributed by atoms with van der Waals surface area (Å²) in [5.74, 6) is 0. The van der Waals surface area contributed by atoms with Gasteiger partial charge in [0.2, 0.25) is 0 Å². The van der Waals surface area contributed by atoms with Crippen LogP contribution in [0.5, 0.6) is 0 Å². The van der Waals surface area contributed by atoms with Crippen LogP contribution in [-0.2, 0) is 21.0 Å². The molecule has 0 spiro atoms. The fourth-order valence-corrected chi connectivity index (χ4v) is 2.65. The predicted octanol–water partition coefficient (Wildman–Crippen LogP) is 0.965. The zero-order valence-corrected chi connectivity index (χ0v) is 11.4. The lowest BCUT2D eigenvalue weighted by Crippen LogP contribution is -2.37. The van der Waals surface area contributed by atoms with Crippen LogP contribution in [0.3, 0.4) is 0 Å². The molecule has 0 bridgehead atoms. The SMILES string of the molecule is CS(=O)(=O)c1ccc(CCN2CCOCC2)cc1. The number of benzene rings is 1. The minimum absolute atomic E-state index is 0.387. The van der Waals surface area contributed by atoms with E-state index >= 15 is 0 Å². The Balaban J connectivity index is 1.90. The summed E-state index contributed by atoms with van der Waals surface area (Å²) in [6.45, 7) is 4.60. The molecule has 1 saturated heterocycles. The maximum absolute atomic E-state index is 11.3. The monoisotopic (exact) mass is 269 g/mol. The molecular formula is C13H19NO3S. The van der Waals surface area contributed by atoms with E-state index in [-0.39, 0.29) is 0 Å². The van der Waals surface area contributed by atoms with Crippen molar-refractivity contribution in [3.05, 3.63) is 29.8 Å². The lowest BCUT2D eigenvalue weighted by Gasteiger charge is -2.26. The quantitative estimate of drug-likeness (QED) is 0.817. The number of ether oxygens (including phenoxy) is 1. The van der Waals surface area contributed by atoms with E-state index < -0.39 is 9.84 Å². The fraction of sp³-hybridized carbons (Fsp3) is 0.538. The second-order valence-electron chi connectivity index (χ2n) is 4.62. The molecule has 1 aliphatic heterocycles. The van der Waals surface area contributed by atoms with Gasteiger partial charge in [-0.05, 0) is 24.1 Å². The van der Waals surface area contributed by atoms with Crippen LogP contribution < -0.4 is 0 Å². The third-order valence-corrected chi connectivity index (χ3v) is 4.30. The summed E-state index contributed by atoms with van der Waals surface area (Å²) >= 11 is 0. The van der Waals surface area contributed by atoms with E-state index in [0.29, 0.717) is 4.90 Å². The molecule has 18 heavy (non-hydrogen) atoms. The molecule has 1 aliphatic rings. The minimum atomic E-state index is -3.08. The molecule has 100 valence electrons. The van der Waals surface area contributed by atoms with Crippen molar-refractivity contribution in [1.82, 2.24) is 4.90 Å². The van der Waals surface area contributed by atoms with Gasteiger partial charge in [0.05, 0.1) is 18.1 Å². The van der Waals surface area contributed by atoms with E-state index in [1.54, 1.807) is 12.1 Å². The smallest absolute Gasteiger partial charge is 0.175 e. The summed E-state index contributed by atoms with van der Waals surface area (Å²) in [4.78, 5) is 2.76. The summed E-state index contributed by atoms with van der Waals surface area (Å²) in [5, 5.41) is 0. The number of rotatable bonds is 4. The van der Waals surface area contributed by atoms with E-state index in [2.05, 4.69) is 4.90 Å². The van der Waals surface area contributed by atoms with Crippen molar-refractivity contribution in [2.75, 3.05) is 39.1 Å². The molecule has 1 heterocycles. The van der Waals surface area contributed by atoms with Gasteiger partial charge in [0.1, 0.15) is 0 Å². The van der Waals surface area contributed by atoms with Gasteiger partial charge in [0.25, 0.3) is 0 Å². The zero-order chi connectivity index (χ0) is 13.0. The Morgan fingerprint density at radius 2 is 1.78 bits per heavy atom. The third kappa shape index (κ3) is 3.80. The molecule has 0 radical (unpaired) electrons. The van der Waals surface area contributed by atoms with Crippen LogP contribution in [0.4, 0.5) is 0 Å². The molecular weight excluding hydrogens is 250 g/mol. The van der Waals surface area contributed by atoms with Gasteiger partial charge in [-0.1, -0.05) is 12.1 Å². The molecule has 0 aliphatic carbocycles. The molecule has 0 unspecified atom stereocenters. The van der Waals surface area contributed by atoms with E-state index in [1.165, 1.54) is 11.8 Å². The summed E-state index contributed by atoms with van der Waals surface area (Å²) < 4.78 is 28.0. The molecule has 0 atom stereocenters. The van der Waals surface area contributed by atoms with E-state index in [9.17, 15) is 8.42 Å². The Bertz CT molecular complexity index is 475. The van der Waals surface area contributed by atoms with Crippen LogP contribution in [0.2, 0.25) is 0 Å². The van der Waals surface area contributed by atoms with Crippen molar-refractivity contribution in [1.29, 1.82) is 0 Å². The van der Waals surface area contributed by atoms with Gasteiger partial charge < -0.3 is 4.74 Å². The number of hydrogen-bond donors (Lipinski definition) is 0. The standard InChI is InChI=1S/C13H19NO3S/c1-18(15,16)13-4-2-12(3-5-13)6-7-14-8-10-17-11-9-14/h2-5H,6-11H2,1H3. The van der Waals surface area contributed by atoms with Crippen molar-refractivity contribution < 1.29 is 13.2 Å². The highest BCUT2D eigenvalue weighted by atomic mass is 32.2. The first-order valence-corrected chi connectivity index (χ1v) is 8.04. The molecule has 0 aromatic heterocycles. The molecule has 0 N–H and O–H groups in total. The highest BCUT2D eigenvalue weighted by Crippen LogP contribution is 2.11. The van der Waals surface area contributed by atoms with Crippen molar-refractivity contribution in [3.8, 4) is 0 Å². The second kappa shape index (κ2) is 5.82.